The van der Waals surface area contributed by atoms with Crippen LogP contribution in [0, 0.1) is 0 Å². The number of nitrogens with zero attached hydrogens (tertiary/aromatic N) is 2. The third-order valence-corrected chi connectivity index (χ3v) is 4.88. The summed E-state index contributed by atoms with van der Waals surface area (Å²) in [6.45, 7) is -3.12. The zero-order valence-electron chi connectivity index (χ0n) is 13.5. The van der Waals surface area contributed by atoms with Crippen molar-refractivity contribution in [1.82, 2.24) is 4.98 Å². The Bertz CT molecular complexity index is 908. The Hall–Kier alpha value is -3.01. The molecule has 1 N–H and O–H groups in total. The number of hydrogen-bond acceptors (Lipinski definition) is 6. The Morgan fingerprint density at radius 1 is 1.26 bits per heavy atom. The number of carbonyl (C=O) groups excluding carboxylic acids is 2. The van der Waals surface area contributed by atoms with Gasteiger partial charge in [0.1, 0.15) is 10.8 Å². The van der Waals surface area contributed by atoms with Crippen molar-refractivity contribution in [2.45, 2.75) is 23.3 Å². The van der Waals surface area contributed by atoms with Gasteiger partial charge in [-0.2, -0.15) is 8.78 Å². The highest BCUT2D eigenvalue weighted by Gasteiger charge is 2.42. The predicted molar refractivity (Wildman–Crippen MR) is 91.0 cm³/mol. The van der Waals surface area contributed by atoms with Gasteiger partial charge >= 0.3 is 12.6 Å². The van der Waals surface area contributed by atoms with Crippen molar-refractivity contribution in [2.75, 3.05) is 4.90 Å². The number of imide groups is 1. The molecule has 0 bridgehead atoms. The molecule has 1 saturated heterocycles. The number of anilines is 1. The first-order valence-electron chi connectivity index (χ1n) is 7.64. The van der Waals surface area contributed by atoms with E-state index in [1.54, 1.807) is 0 Å². The number of aromatic carboxylic acids is 1. The lowest BCUT2D eigenvalue weighted by atomic mass is 10.2. The molecule has 0 radical (unpaired) electrons. The average Bonchev–Trinajstić information content (AvgIpc) is 2.89. The van der Waals surface area contributed by atoms with E-state index in [4.69, 9.17) is 0 Å². The summed E-state index contributed by atoms with van der Waals surface area (Å²) in [5.41, 5.74) is -0.182. The summed E-state index contributed by atoms with van der Waals surface area (Å²) in [6, 6.07) is 8.25. The fourth-order valence-electron chi connectivity index (χ4n) is 2.57. The maximum absolute atomic E-state index is 12.7. The second-order valence-corrected chi connectivity index (χ2v) is 6.58. The van der Waals surface area contributed by atoms with Gasteiger partial charge in [-0.15, -0.1) is 0 Å². The highest BCUT2D eigenvalue weighted by molar-refractivity contribution is 8.00. The summed E-state index contributed by atoms with van der Waals surface area (Å²) in [4.78, 5) is 41.1. The topological polar surface area (TPSA) is 96.8 Å². The van der Waals surface area contributed by atoms with Crippen molar-refractivity contribution < 1.29 is 33.0 Å². The monoisotopic (exact) mass is 394 g/mol. The number of carboxylic acids is 1. The van der Waals surface area contributed by atoms with Crippen molar-refractivity contribution in [2.24, 2.45) is 0 Å². The SMILES string of the molecule is O=C(O)c1cccnc1S[C@H]1CC(=O)N(c2ccccc2OC(F)F)C1=O. The molecule has 2 aromatic rings. The molecule has 7 nitrogen and oxygen atoms in total. The lowest BCUT2D eigenvalue weighted by Crippen LogP contribution is -2.31. The number of rotatable bonds is 6. The van der Waals surface area contributed by atoms with Gasteiger partial charge in [0.25, 0.3) is 0 Å². The van der Waals surface area contributed by atoms with E-state index in [1.165, 1.54) is 42.6 Å². The first-order chi connectivity index (χ1) is 12.9. The number of pyridine rings is 1. The summed E-state index contributed by atoms with van der Waals surface area (Å²) in [7, 11) is 0. The largest absolute Gasteiger partial charge is 0.478 e. The molecule has 140 valence electrons. The molecule has 1 atom stereocenters. The van der Waals surface area contributed by atoms with Crippen LogP contribution < -0.4 is 9.64 Å². The van der Waals surface area contributed by atoms with Crippen LogP contribution in [-0.2, 0) is 9.59 Å². The minimum absolute atomic E-state index is 0.0876. The number of ether oxygens (including phenoxy) is 1. The van der Waals surface area contributed by atoms with Gasteiger partial charge in [0.2, 0.25) is 11.8 Å². The van der Waals surface area contributed by atoms with E-state index in [9.17, 15) is 28.3 Å². The van der Waals surface area contributed by atoms with Gasteiger partial charge in [-0.05, 0) is 24.3 Å². The Morgan fingerprint density at radius 2 is 2.00 bits per heavy atom. The van der Waals surface area contributed by atoms with Crippen molar-refractivity contribution in [1.29, 1.82) is 0 Å². The zero-order valence-corrected chi connectivity index (χ0v) is 14.4. The van der Waals surface area contributed by atoms with E-state index in [0.717, 1.165) is 16.7 Å². The molecular formula is C17H12F2N2O5S. The van der Waals surface area contributed by atoms with E-state index in [0.29, 0.717) is 0 Å². The molecule has 0 saturated carbocycles. The summed E-state index contributed by atoms with van der Waals surface area (Å²) < 4.78 is 29.6. The maximum Gasteiger partial charge on any atom is 0.387 e. The zero-order chi connectivity index (χ0) is 19.6. The van der Waals surface area contributed by atoms with Crippen LogP contribution in [0.25, 0.3) is 0 Å². The van der Waals surface area contributed by atoms with Gasteiger partial charge in [-0.25, -0.2) is 14.7 Å². The van der Waals surface area contributed by atoms with E-state index >= 15 is 0 Å². The Balaban J connectivity index is 1.88. The van der Waals surface area contributed by atoms with Crippen LogP contribution in [0.3, 0.4) is 0 Å². The van der Waals surface area contributed by atoms with Gasteiger partial charge in [-0.1, -0.05) is 23.9 Å². The second-order valence-electron chi connectivity index (χ2n) is 5.39. The molecule has 0 aliphatic carbocycles. The van der Waals surface area contributed by atoms with Crippen molar-refractivity contribution in [3.05, 3.63) is 48.2 Å². The van der Waals surface area contributed by atoms with E-state index in [-0.39, 0.29) is 28.4 Å². The molecule has 1 fully saturated rings. The molecule has 1 aromatic heterocycles. The summed E-state index contributed by atoms with van der Waals surface area (Å²) in [5, 5.41) is 8.37. The molecule has 0 spiro atoms. The molecule has 27 heavy (non-hydrogen) atoms. The number of halogens is 2. The van der Waals surface area contributed by atoms with Gasteiger partial charge in [0, 0.05) is 12.6 Å². The third kappa shape index (κ3) is 3.90. The predicted octanol–water partition coefficient (Wildman–Crippen LogP) is 2.81. The van der Waals surface area contributed by atoms with Gasteiger partial charge in [0.15, 0.2) is 0 Å². The van der Waals surface area contributed by atoms with E-state index in [2.05, 4.69) is 9.72 Å². The number of hydrogen-bond donors (Lipinski definition) is 1. The van der Waals surface area contributed by atoms with Crippen molar-refractivity contribution >= 4 is 35.2 Å². The highest BCUT2D eigenvalue weighted by Crippen LogP contribution is 2.38. The summed E-state index contributed by atoms with van der Waals surface area (Å²) in [5.74, 6) is -2.77. The van der Waals surface area contributed by atoms with E-state index < -0.39 is 29.6 Å². The van der Waals surface area contributed by atoms with Crippen molar-refractivity contribution in [3.63, 3.8) is 0 Å². The molecule has 2 amide bonds. The van der Waals surface area contributed by atoms with Crippen molar-refractivity contribution in [3.8, 4) is 5.75 Å². The Labute approximate surface area is 155 Å². The van der Waals surface area contributed by atoms with Crippen LogP contribution in [0.1, 0.15) is 16.8 Å². The smallest absolute Gasteiger partial charge is 0.387 e. The Kier molecular flexibility index (Phi) is 5.36. The summed E-state index contributed by atoms with van der Waals surface area (Å²) in [6.07, 6.45) is 1.15. The fourth-order valence-corrected chi connectivity index (χ4v) is 3.67. The third-order valence-electron chi connectivity index (χ3n) is 3.68. The molecule has 3 rings (SSSR count). The fraction of sp³-hybridized carbons (Fsp3) is 0.176. The number of alkyl halides is 2. The number of para-hydroxylation sites is 2. The van der Waals surface area contributed by atoms with Crippen LogP contribution in [0.5, 0.6) is 5.75 Å². The second kappa shape index (κ2) is 7.70. The molecule has 2 heterocycles. The van der Waals surface area contributed by atoms with Crippen LogP contribution in [-0.4, -0.2) is 39.7 Å². The van der Waals surface area contributed by atoms with Crippen LogP contribution in [0.15, 0.2) is 47.6 Å². The lowest BCUT2D eigenvalue weighted by molar-refractivity contribution is -0.121. The first-order valence-corrected chi connectivity index (χ1v) is 8.52. The standard InChI is InChI=1S/C17H12F2N2O5S/c18-17(19)26-11-6-2-1-5-10(11)21-13(22)8-12(15(21)23)27-14-9(16(24)25)4-3-7-20-14/h1-7,12,17H,8H2,(H,24,25)/t12-/m0/s1. The molecule has 1 aromatic carbocycles. The van der Waals surface area contributed by atoms with Gasteiger partial charge < -0.3 is 9.84 Å². The first kappa shape index (κ1) is 18.8. The van der Waals surface area contributed by atoms with Crippen LogP contribution in [0.2, 0.25) is 0 Å². The van der Waals surface area contributed by atoms with Gasteiger partial charge in [0.05, 0.1) is 16.5 Å². The van der Waals surface area contributed by atoms with Crippen LogP contribution >= 0.6 is 11.8 Å². The number of carboxylic acid groups (broad SMARTS) is 1. The number of benzene rings is 1. The quantitative estimate of drug-likeness (QED) is 0.753. The molecule has 1 aliphatic rings. The minimum atomic E-state index is -3.12. The van der Waals surface area contributed by atoms with E-state index in [1.807, 2.05) is 0 Å². The summed E-state index contributed by atoms with van der Waals surface area (Å²) >= 11 is 0.843. The number of amides is 2. The molecule has 0 unspecified atom stereocenters. The number of carbonyl (C=O) groups is 3. The molecule has 1 aliphatic heterocycles. The highest BCUT2D eigenvalue weighted by atomic mass is 32.2. The van der Waals surface area contributed by atoms with Crippen LogP contribution in [0.4, 0.5) is 14.5 Å². The maximum atomic E-state index is 12.7. The normalized spacial score (nSPS) is 16.9. The minimum Gasteiger partial charge on any atom is -0.478 e. The molecule has 10 heteroatoms. The number of aromatic nitrogens is 1. The lowest BCUT2D eigenvalue weighted by Gasteiger charge is -2.18. The molecular weight excluding hydrogens is 382 g/mol. The Morgan fingerprint density at radius 3 is 2.70 bits per heavy atom. The number of thioether (sulfide) groups is 1. The van der Waals surface area contributed by atoms with Gasteiger partial charge in [-0.3, -0.25) is 9.59 Å². The average molecular weight is 394 g/mol.